The fourth-order valence-corrected chi connectivity index (χ4v) is 3.71. The summed E-state index contributed by atoms with van der Waals surface area (Å²) in [5.41, 5.74) is 0.115. The van der Waals surface area contributed by atoms with Gasteiger partial charge in [0.15, 0.2) is 11.6 Å². The van der Waals surface area contributed by atoms with Crippen LogP contribution in [-0.2, 0) is 9.59 Å². The second-order valence-electron chi connectivity index (χ2n) is 6.84. The van der Waals surface area contributed by atoms with Crippen LogP contribution in [0.4, 0.5) is 20.2 Å². The molecule has 1 aliphatic carbocycles. The lowest BCUT2D eigenvalue weighted by Crippen LogP contribution is -2.33. The van der Waals surface area contributed by atoms with Crippen LogP contribution in [0.2, 0.25) is 0 Å². The van der Waals surface area contributed by atoms with Crippen LogP contribution < -0.4 is 10.2 Å². The third kappa shape index (κ3) is 3.42. The Morgan fingerprint density at radius 1 is 1.21 bits per heavy atom. The zero-order valence-electron chi connectivity index (χ0n) is 13.8. The number of carbonyl (C=O) groups is 2. The van der Waals surface area contributed by atoms with Crippen LogP contribution in [0, 0.1) is 23.5 Å². The van der Waals surface area contributed by atoms with Crippen molar-refractivity contribution in [2.24, 2.45) is 11.8 Å². The zero-order chi connectivity index (χ0) is 17.3. The van der Waals surface area contributed by atoms with Crippen molar-refractivity contribution in [3.63, 3.8) is 0 Å². The molecule has 130 valence electrons. The second-order valence-corrected chi connectivity index (χ2v) is 6.84. The molecule has 2 atom stereocenters. The third-order valence-electron chi connectivity index (χ3n) is 5.01. The lowest BCUT2D eigenvalue weighted by atomic mass is 9.79. The van der Waals surface area contributed by atoms with Gasteiger partial charge in [0.05, 0.1) is 0 Å². The highest BCUT2D eigenvalue weighted by Crippen LogP contribution is 2.32. The van der Waals surface area contributed by atoms with Crippen LogP contribution in [0.5, 0.6) is 0 Å². The van der Waals surface area contributed by atoms with E-state index in [1.165, 1.54) is 12.1 Å². The Labute approximate surface area is 140 Å². The minimum absolute atomic E-state index is 0.0119. The highest BCUT2D eigenvalue weighted by Gasteiger charge is 2.31. The fourth-order valence-electron chi connectivity index (χ4n) is 3.71. The first-order valence-corrected chi connectivity index (χ1v) is 8.52. The number of hydrogen-bond acceptors (Lipinski definition) is 3. The van der Waals surface area contributed by atoms with Crippen molar-refractivity contribution in [1.29, 1.82) is 0 Å². The molecule has 1 amide bonds. The topological polar surface area (TPSA) is 49.4 Å². The van der Waals surface area contributed by atoms with Gasteiger partial charge in [-0.15, -0.1) is 0 Å². The summed E-state index contributed by atoms with van der Waals surface area (Å²) in [6.45, 7) is 3.15. The number of halogens is 2. The molecule has 0 unspecified atom stereocenters. The summed E-state index contributed by atoms with van der Waals surface area (Å²) in [5.74, 6) is -1.77. The van der Waals surface area contributed by atoms with Crippen LogP contribution in [-0.4, -0.2) is 24.8 Å². The van der Waals surface area contributed by atoms with Crippen molar-refractivity contribution in [2.75, 3.05) is 23.3 Å². The molecule has 1 aromatic rings. The molecule has 0 aromatic heterocycles. The zero-order valence-corrected chi connectivity index (χ0v) is 13.8. The molecule has 0 radical (unpaired) electrons. The maximum atomic E-state index is 14.3. The first kappa shape index (κ1) is 16.9. The average Bonchev–Trinajstić information content (AvgIpc) is 3.00. The van der Waals surface area contributed by atoms with Gasteiger partial charge in [0.25, 0.3) is 0 Å². The van der Waals surface area contributed by atoms with Crippen molar-refractivity contribution >= 4 is 23.1 Å². The van der Waals surface area contributed by atoms with E-state index in [0.29, 0.717) is 32.4 Å². The normalized spacial score (nSPS) is 24.3. The van der Waals surface area contributed by atoms with E-state index in [0.717, 1.165) is 12.8 Å². The Bertz CT molecular complexity index is 633. The first-order valence-electron chi connectivity index (χ1n) is 8.52. The van der Waals surface area contributed by atoms with Crippen LogP contribution in [0.3, 0.4) is 0 Å². The van der Waals surface area contributed by atoms with Gasteiger partial charge >= 0.3 is 0 Å². The number of ketones is 1. The summed E-state index contributed by atoms with van der Waals surface area (Å²) < 4.78 is 28.6. The molecule has 0 bridgehead atoms. The molecule has 2 aliphatic rings. The Hall–Kier alpha value is -1.98. The summed E-state index contributed by atoms with van der Waals surface area (Å²) in [7, 11) is 0. The molecule has 1 N–H and O–H groups in total. The first-order chi connectivity index (χ1) is 11.5. The molecule has 1 aliphatic heterocycles. The molecule has 0 spiro atoms. The van der Waals surface area contributed by atoms with E-state index in [2.05, 4.69) is 5.32 Å². The molecular weight excluding hydrogens is 314 g/mol. The van der Waals surface area contributed by atoms with E-state index in [-0.39, 0.29) is 34.9 Å². The summed E-state index contributed by atoms with van der Waals surface area (Å²) in [6, 6.07) is 2.35. The number of carbonyl (C=O) groups excluding carboxylic acids is 2. The molecule has 1 aromatic carbocycles. The van der Waals surface area contributed by atoms with Gasteiger partial charge in [0.2, 0.25) is 5.91 Å². The van der Waals surface area contributed by atoms with Gasteiger partial charge in [-0.2, -0.15) is 0 Å². The Kier molecular flexibility index (Phi) is 4.83. The largest absolute Gasteiger partial charge is 0.367 e. The van der Waals surface area contributed by atoms with Crippen molar-refractivity contribution in [2.45, 2.75) is 39.0 Å². The smallest absolute Gasteiger partial charge is 0.227 e. The van der Waals surface area contributed by atoms with Gasteiger partial charge < -0.3 is 10.2 Å². The van der Waals surface area contributed by atoms with Gasteiger partial charge in [0.1, 0.15) is 11.5 Å². The number of rotatable bonds is 3. The number of hydrogen-bond donors (Lipinski definition) is 1. The maximum Gasteiger partial charge on any atom is 0.227 e. The Morgan fingerprint density at radius 2 is 1.83 bits per heavy atom. The Balaban J connectivity index is 1.73. The summed E-state index contributed by atoms with van der Waals surface area (Å²) in [5, 5.41) is 2.61. The molecule has 6 heteroatoms. The number of nitrogens with one attached hydrogen (secondary N) is 1. The minimum Gasteiger partial charge on any atom is -0.367 e. The molecule has 2 fully saturated rings. The van der Waals surface area contributed by atoms with Crippen LogP contribution in [0.25, 0.3) is 0 Å². The standard InChI is InChI=1S/C18H22F2N2O2/c1-11-8-13(23)4-5-14(11)18(24)21-12-9-15(19)17(16(20)10-12)22-6-2-3-7-22/h9-11,14H,2-8H2,1H3,(H,21,24)/t11-,14+/m0/s1. The summed E-state index contributed by atoms with van der Waals surface area (Å²) in [6.07, 6.45) is 3.11. The van der Waals surface area contributed by atoms with Gasteiger partial charge in [-0.05, 0) is 37.3 Å². The molecule has 24 heavy (non-hydrogen) atoms. The van der Waals surface area contributed by atoms with Crippen LogP contribution in [0.15, 0.2) is 12.1 Å². The second kappa shape index (κ2) is 6.87. The van der Waals surface area contributed by atoms with E-state index in [9.17, 15) is 18.4 Å². The molecule has 1 heterocycles. The van der Waals surface area contributed by atoms with Gasteiger partial charge in [0, 0.05) is 37.5 Å². The van der Waals surface area contributed by atoms with E-state index >= 15 is 0 Å². The Morgan fingerprint density at radius 3 is 2.42 bits per heavy atom. The number of nitrogens with zero attached hydrogens (tertiary/aromatic N) is 1. The molecular formula is C18H22F2N2O2. The lowest BCUT2D eigenvalue weighted by Gasteiger charge is -2.27. The lowest BCUT2D eigenvalue weighted by molar-refractivity contribution is -0.127. The number of Topliss-reactive ketones (excluding diaryl/α,β-unsaturated/α-hetero) is 1. The number of benzene rings is 1. The quantitative estimate of drug-likeness (QED) is 0.919. The minimum atomic E-state index is -0.654. The van der Waals surface area contributed by atoms with E-state index in [4.69, 9.17) is 0 Å². The molecule has 1 saturated carbocycles. The third-order valence-corrected chi connectivity index (χ3v) is 5.01. The highest BCUT2D eigenvalue weighted by molar-refractivity contribution is 5.94. The van der Waals surface area contributed by atoms with E-state index in [1.54, 1.807) is 4.90 Å². The van der Waals surface area contributed by atoms with Crippen molar-refractivity contribution in [3.05, 3.63) is 23.8 Å². The van der Waals surface area contributed by atoms with Crippen LogP contribution >= 0.6 is 0 Å². The summed E-state index contributed by atoms with van der Waals surface area (Å²) in [4.78, 5) is 25.5. The van der Waals surface area contributed by atoms with Gasteiger partial charge in [-0.3, -0.25) is 9.59 Å². The van der Waals surface area contributed by atoms with Crippen molar-refractivity contribution in [1.82, 2.24) is 0 Å². The van der Waals surface area contributed by atoms with E-state index < -0.39 is 11.6 Å². The highest BCUT2D eigenvalue weighted by atomic mass is 19.1. The van der Waals surface area contributed by atoms with Crippen molar-refractivity contribution in [3.8, 4) is 0 Å². The van der Waals surface area contributed by atoms with E-state index in [1.807, 2.05) is 6.92 Å². The average molecular weight is 336 g/mol. The number of anilines is 2. The molecule has 1 saturated heterocycles. The predicted octanol–water partition coefficient (Wildman–Crippen LogP) is 3.51. The fraction of sp³-hybridized carbons (Fsp3) is 0.556. The summed E-state index contributed by atoms with van der Waals surface area (Å²) >= 11 is 0. The van der Waals surface area contributed by atoms with Gasteiger partial charge in [-0.25, -0.2) is 8.78 Å². The monoisotopic (exact) mass is 336 g/mol. The SMILES string of the molecule is C[C@H]1CC(=O)CC[C@H]1C(=O)Nc1cc(F)c(N2CCCC2)c(F)c1. The predicted molar refractivity (Wildman–Crippen MR) is 87.9 cm³/mol. The molecule has 4 nitrogen and oxygen atoms in total. The maximum absolute atomic E-state index is 14.3. The number of amides is 1. The molecule has 3 rings (SSSR count). The van der Waals surface area contributed by atoms with Gasteiger partial charge in [-0.1, -0.05) is 6.92 Å². The van der Waals surface area contributed by atoms with Crippen LogP contribution in [0.1, 0.15) is 39.0 Å². The van der Waals surface area contributed by atoms with Crippen molar-refractivity contribution < 1.29 is 18.4 Å².